The zero-order chi connectivity index (χ0) is 13.7. The number of ether oxygens (including phenoxy) is 1. The van der Waals surface area contributed by atoms with Crippen molar-refractivity contribution in [3.63, 3.8) is 0 Å². The molecule has 1 saturated heterocycles. The van der Waals surface area contributed by atoms with E-state index in [9.17, 15) is 5.11 Å². The summed E-state index contributed by atoms with van der Waals surface area (Å²) in [7, 11) is 0. The molecule has 0 aliphatic carbocycles. The van der Waals surface area contributed by atoms with Gasteiger partial charge in [-0.05, 0) is 37.7 Å². The van der Waals surface area contributed by atoms with Gasteiger partial charge in [-0.2, -0.15) is 0 Å². The van der Waals surface area contributed by atoms with Crippen LogP contribution in [0.15, 0.2) is 24.3 Å². The molecule has 1 heterocycles. The monoisotopic (exact) mass is 254 g/mol. The lowest BCUT2D eigenvalue weighted by Gasteiger charge is -2.36. The van der Waals surface area contributed by atoms with Crippen LogP contribution < -0.4 is 0 Å². The highest BCUT2D eigenvalue weighted by atomic mass is 16.5. The van der Waals surface area contributed by atoms with E-state index in [2.05, 4.69) is 20.1 Å². The van der Waals surface area contributed by atoms with Crippen molar-refractivity contribution >= 4 is 0 Å². The zero-order valence-electron chi connectivity index (χ0n) is 11.6. The predicted molar refractivity (Wildman–Crippen MR) is 73.3 cm³/mol. The molecule has 1 rings (SSSR count). The van der Waals surface area contributed by atoms with Crippen molar-refractivity contribution in [1.29, 1.82) is 0 Å². The van der Waals surface area contributed by atoms with Gasteiger partial charge in [-0.15, -0.1) is 0 Å². The summed E-state index contributed by atoms with van der Waals surface area (Å²) < 4.78 is 5.94. The molecule has 104 valence electrons. The molecule has 3 nitrogen and oxygen atoms in total. The Hall–Kier alpha value is -0.640. The third-order valence-electron chi connectivity index (χ3n) is 3.74. The first-order valence-electron chi connectivity index (χ1n) is 6.74. The number of rotatable bonds is 6. The first-order valence-corrected chi connectivity index (χ1v) is 6.74. The Balaban J connectivity index is 2.47. The minimum Gasteiger partial charge on any atom is -0.396 e. The molecule has 1 fully saturated rings. The van der Waals surface area contributed by atoms with Gasteiger partial charge >= 0.3 is 0 Å². The zero-order valence-corrected chi connectivity index (χ0v) is 11.6. The number of aliphatic hydroxyl groups excluding tert-OH is 2. The van der Waals surface area contributed by atoms with Gasteiger partial charge in [-0.25, -0.2) is 0 Å². The SMILES string of the molecule is C=C1C(CCO)O[C@@H](CC[C@H](O)C(=C)C)C[C@H]1C. The average molecular weight is 254 g/mol. The molecule has 2 N–H and O–H groups in total. The lowest BCUT2D eigenvalue weighted by Crippen LogP contribution is -2.35. The van der Waals surface area contributed by atoms with E-state index < -0.39 is 6.10 Å². The quantitative estimate of drug-likeness (QED) is 0.716. The Kier molecular flexibility index (Phi) is 6.06. The molecule has 0 aromatic carbocycles. The normalized spacial score (nSPS) is 30.2. The summed E-state index contributed by atoms with van der Waals surface area (Å²) in [6, 6.07) is 0. The van der Waals surface area contributed by atoms with Crippen LogP contribution in [0, 0.1) is 5.92 Å². The van der Waals surface area contributed by atoms with Crippen molar-refractivity contribution < 1.29 is 14.9 Å². The topological polar surface area (TPSA) is 49.7 Å². The fraction of sp³-hybridized carbons (Fsp3) is 0.733. The highest BCUT2D eigenvalue weighted by Gasteiger charge is 2.30. The number of hydrogen-bond donors (Lipinski definition) is 2. The van der Waals surface area contributed by atoms with Crippen molar-refractivity contribution in [2.24, 2.45) is 5.92 Å². The van der Waals surface area contributed by atoms with Crippen molar-refractivity contribution in [3.05, 3.63) is 24.3 Å². The van der Waals surface area contributed by atoms with E-state index in [4.69, 9.17) is 9.84 Å². The van der Waals surface area contributed by atoms with E-state index >= 15 is 0 Å². The third-order valence-corrected chi connectivity index (χ3v) is 3.74. The first-order chi connectivity index (χ1) is 8.45. The van der Waals surface area contributed by atoms with Crippen LogP contribution in [-0.4, -0.2) is 35.1 Å². The minimum atomic E-state index is -0.440. The number of aliphatic hydroxyl groups is 2. The fourth-order valence-corrected chi connectivity index (χ4v) is 2.39. The molecule has 0 spiro atoms. The second-order valence-corrected chi connectivity index (χ2v) is 5.41. The minimum absolute atomic E-state index is 0.0364. The van der Waals surface area contributed by atoms with E-state index in [0.29, 0.717) is 18.8 Å². The summed E-state index contributed by atoms with van der Waals surface area (Å²) in [5, 5.41) is 18.8. The van der Waals surface area contributed by atoms with Gasteiger partial charge < -0.3 is 14.9 Å². The van der Waals surface area contributed by atoms with Crippen molar-refractivity contribution in [3.8, 4) is 0 Å². The summed E-state index contributed by atoms with van der Waals surface area (Å²) in [4.78, 5) is 0. The average Bonchev–Trinajstić information content (AvgIpc) is 2.32. The van der Waals surface area contributed by atoms with Crippen molar-refractivity contribution in [2.45, 2.75) is 57.8 Å². The molecule has 1 aliphatic rings. The Morgan fingerprint density at radius 3 is 2.72 bits per heavy atom. The van der Waals surface area contributed by atoms with Crippen LogP contribution in [0.1, 0.15) is 39.5 Å². The van der Waals surface area contributed by atoms with Gasteiger partial charge in [0.15, 0.2) is 0 Å². The molecule has 0 amide bonds. The third kappa shape index (κ3) is 4.23. The second kappa shape index (κ2) is 7.07. The van der Waals surface area contributed by atoms with E-state index in [-0.39, 0.29) is 18.8 Å². The summed E-state index contributed by atoms with van der Waals surface area (Å²) in [5.74, 6) is 0.419. The van der Waals surface area contributed by atoms with Crippen LogP contribution in [0.5, 0.6) is 0 Å². The van der Waals surface area contributed by atoms with Gasteiger partial charge in [0.1, 0.15) is 0 Å². The van der Waals surface area contributed by atoms with Gasteiger partial charge in [0, 0.05) is 13.0 Å². The van der Waals surface area contributed by atoms with Crippen LogP contribution >= 0.6 is 0 Å². The molecule has 18 heavy (non-hydrogen) atoms. The van der Waals surface area contributed by atoms with Gasteiger partial charge in [0.2, 0.25) is 0 Å². The first kappa shape index (κ1) is 15.4. The van der Waals surface area contributed by atoms with Gasteiger partial charge in [-0.3, -0.25) is 0 Å². The lowest BCUT2D eigenvalue weighted by atomic mass is 9.86. The van der Waals surface area contributed by atoms with Crippen molar-refractivity contribution in [2.75, 3.05) is 6.61 Å². The predicted octanol–water partition coefficient (Wildman–Crippen LogP) is 2.44. The Morgan fingerprint density at radius 2 is 2.17 bits per heavy atom. The standard InChI is InChI=1S/C15H26O3/c1-10(2)14(17)6-5-13-9-11(3)12(4)15(18-13)7-8-16/h11,13-17H,1,4-9H2,2-3H3/t11-,13+,14+,15?/m1/s1. The van der Waals surface area contributed by atoms with Crippen LogP contribution in [0.4, 0.5) is 0 Å². The lowest BCUT2D eigenvalue weighted by molar-refractivity contribution is -0.0485. The maximum Gasteiger partial charge on any atom is 0.0810 e. The Morgan fingerprint density at radius 1 is 1.50 bits per heavy atom. The largest absolute Gasteiger partial charge is 0.396 e. The molecular formula is C15H26O3. The molecule has 3 heteroatoms. The van der Waals surface area contributed by atoms with Crippen LogP contribution in [0.3, 0.4) is 0 Å². The molecule has 1 unspecified atom stereocenters. The van der Waals surface area contributed by atoms with E-state index in [1.807, 2.05) is 6.92 Å². The fourth-order valence-electron chi connectivity index (χ4n) is 2.39. The van der Waals surface area contributed by atoms with Gasteiger partial charge in [-0.1, -0.05) is 25.7 Å². The van der Waals surface area contributed by atoms with Gasteiger partial charge in [0.05, 0.1) is 18.3 Å². The van der Waals surface area contributed by atoms with Crippen molar-refractivity contribution in [1.82, 2.24) is 0 Å². The summed E-state index contributed by atoms with van der Waals surface area (Å²) in [6.45, 7) is 11.9. The Bertz CT molecular complexity index is 298. The molecular weight excluding hydrogens is 228 g/mol. The van der Waals surface area contributed by atoms with E-state index in [0.717, 1.165) is 24.0 Å². The van der Waals surface area contributed by atoms with Crippen LogP contribution in [0.25, 0.3) is 0 Å². The summed E-state index contributed by atoms with van der Waals surface area (Å²) in [5.41, 5.74) is 1.89. The second-order valence-electron chi connectivity index (χ2n) is 5.41. The highest BCUT2D eigenvalue weighted by molar-refractivity contribution is 5.10. The van der Waals surface area contributed by atoms with Crippen LogP contribution in [-0.2, 0) is 4.74 Å². The number of hydrogen-bond acceptors (Lipinski definition) is 3. The molecule has 1 aliphatic heterocycles. The van der Waals surface area contributed by atoms with Crippen LogP contribution in [0.2, 0.25) is 0 Å². The van der Waals surface area contributed by atoms with Gasteiger partial charge in [0.25, 0.3) is 0 Å². The Labute approximate surface area is 110 Å². The molecule has 0 aromatic rings. The molecule has 0 aromatic heterocycles. The van der Waals surface area contributed by atoms with E-state index in [1.54, 1.807) is 0 Å². The maximum atomic E-state index is 9.73. The summed E-state index contributed by atoms with van der Waals surface area (Å²) in [6.07, 6.45) is 2.75. The molecule has 0 bridgehead atoms. The smallest absolute Gasteiger partial charge is 0.0810 e. The highest BCUT2D eigenvalue weighted by Crippen LogP contribution is 2.32. The van der Waals surface area contributed by atoms with E-state index in [1.165, 1.54) is 0 Å². The molecule has 0 saturated carbocycles. The summed E-state index contributed by atoms with van der Waals surface area (Å²) >= 11 is 0. The maximum absolute atomic E-state index is 9.73. The molecule has 0 radical (unpaired) electrons. The molecule has 4 atom stereocenters.